The number of hydrogen-bond donors (Lipinski definition) is 0. The smallest absolute Gasteiger partial charge is 0.442 e. The Balaban J connectivity index is 2.80. The predicted molar refractivity (Wildman–Crippen MR) is 76.7 cm³/mol. The number of nitriles is 2. The molecule has 3 nitrogen and oxygen atoms in total. The summed E-state index contributed by atoms with van der Waals surface area (Å²) in [7, 11) is 0. The van der Waals surface area contributed by atoms with Gasteiger partial charge in [0.1, 0.15) is 23.5 Å². The van der Waals surface area contributed by atoms with Gasteiger partial charge in [0.05, 0.1) is 5.56 Å². The molecule has 0 fully saturated rings. The molecule has 0 atom stereocenters. The molecule has 0 unspecified atom stereocenters. The van der Waals surface area contributed by atoms with E-state index in [2.05, 4.69) is 4.74 Å². The van der Waals surface area contributed by atoms with Crippen molar-refractivity contribution in [2.75, 3.05) is 0 Å². The largest absolute Gasteiger partial charge is 0.463 e. The van der Waals surface area contributed by atoms with Crippen molar-refractivity contribution in [1.82, 2.24) is 0 Å². The zero-order chi connectivity index (χ0) is 19.6. The first-order chi connectivity index (χ1) is 12.1. The third-order valence-electron chi connectivity index (χ3n) is 3.50. The average Bonchev–Trinajstić information content (AvgIpc) is 2.57. The molecule has 26 heavy (non-hydrogen) atoms. The molecule has 0 aromatic heterocycles. The molecule has 0 N–H and O–H groups in total. The number of nitrogens with zero attached hydrogens (tertiary/aromatic N) is 2. The van der Waals surface area contributed by atoms with Crippen LogP contribution in [-0.4, -0.2) is 12.4 Å². The number of rotatable bonds is 3. The Hall–Kier alpha value is -3.20. The molecule has 0 aliphatic rings. The van der Waals surface area contributed by atoms with E-state index in [0.29, 0.717) is 12.1 Å². The number of alkyl halides is 6. The van der Waals surface area contributed by atoms with Crippen molar-refractivity contribution >= 4 is 0 Å². The van der Waals surface area contributed by atoms with Gasteiger partial charge in [0.25, 0.3) is 0 Å². The van der Waals surface area contributed by atoms with Gasteiger partial charge in [-0.2, -0.15) is 36.9 Å². The van der Waals surface area contributed by atoms with Crippen molar-refractivity contribution in [1.29, 1.82) is 10.5 Å². The molecule has 134 valence electrons. The normalized spacial score (nSPS) is 12.2. The van der Waals surface area contributed by atoms with Crippen LogP contribution in [0.3, 0.4) is 0 Å². The molecule has 9 heteroatoms. The second-order valence-electron chi connectivity index (χ2n) is 5.05. The summed E-state index contributed by atoms with van der Waals surface area (Å²) in [6.45, 7) is 0. The van der Waals surface area contributed by atoms with Crippen LogP contribution in [0.25, 0.3) is 0 Å². The molecule has 0 saturated carbocycles. The first-order valence-corrected chi connectivity index (χ1v) is 6.89. The second-order valence-corrected chi connectivity index (χ2v) is 5.05. The minimum Gasteiger partial charge on any atom is -0.463 e. The predicted octanol–water partition coefficient (Wildman–Crippen LogP) is 4.83. The van der Waals surface area contributed by atoms with Gasteiger partial charge in [0, 0.05) is 5.56 Å². The van der Waals surface area contributed by atoms with E-state index in [0.717, 1.165) is 30.3 Å². The minimum absolute atomic E-state index is 0.406. The van der Waals surface area contributed by atoms with Crippen molar-refractivity contribution in [3.05, 3.63) is 65.2 Å². The lowest BCUT2D eigenvalue weighted by Crippen LogP contribution is -2.58. The Morgan fingerprint density at radius 3 is 1.77 bits per heavy atom. The lowest BCUT2D eigenvalue weighted by Gasteiger charge is -2.37. The maximum Gasteiger partial charge on any atom is 0.442 e. The van der Waals surface area contributed by atoms with Gasteiger partial charge in [-0.1, -0.05) is 36.4 Å². The summed E-state index contributed by atoms with van der Waals surface area (Å²) < 4.78 is 86.5. The van der Waals surface area contributed by atoms with Crippen LogP contribution < -0.4 is 4.74 Å². The number of halogens is 6. The van der Waals surface area contributed by atoms with Crippen LogP contribution in [0, 0.1) is 22.7 Å². The molecule has 0 amide bonds. The van der Waals surface area contributed by atoms with Crippen LogP contribution in [0.1, 0.15) is 16.7 Å². The van der Waals surface area contributed by atoms with Crippen molar-refractivity contribution in [2.24, 2.45) is 0 Å². The zero-order valence-electron chi connectivity index (χ0n) is 12.7. The summed E-state index contributed by atoms with van der Waals surface area (Å²) in [4.78, 5) is 0. The first-order valence-electron chi connectivity index (χ1n) is 6.89. The molecule has 0 aliphatic carbocycles. The van der Waals surface area contributed by atoms with Crippen LogP contribution in [0.4, 0.5) is 26.3 Å². The number of ether oxygens (including phenoxy) is 1. The van der Waals surface area contributed by atoms with E-state index in [1.807, 2.05) is 0 Å². The van der Waals surface area contributed by atoms with E-state index in [9.17, 15) is 26.3 Å². The van der Waals surface area contributed by atoms with Gasteiger partial charge in [-0.15, -0.1) is 0 Å². The van der Waals surface area contributed by atoms with E-state index >= 15 is 0 Å². The summed E-state index contributed by atoms with van der Waals surface area (Å²) in [5.74, 6) is -0.995. The standard InChI is InChI=1S/C17H8F6N2O/c18-16(19,20)15(17(21,22)23,12-6-2-1-3-7-12)26-14-8-4-5-11(9-24)13(14)10-25/h1-8H. The molecular formula is C17H8F6N2O. The van der Waals surface area contributed by atoms with Gasteiger partial charge in [0.2, 0.25) is 0 Å². The Bertz CT molecular complexity index is 861. The van der Waals surface area contributed by atoms with Crippen LogP contribution in [-0.2, 0) is 5.60 Å². The SMILES string of the molecule is N#Cc1cccc(OC(c2ccccc2)(C(F)(F)F)C(F)(F)F)c1C#N. The molecule has 2 rings (SSSR count). The van der Waals surface area contributed by atoms with E-state index in [4.69, 9.17) is 10.5 Å². The molecule has 2 aromatic rings. The first kappa shape index (κ1) is 19.1. The van der Waals surface area contributed by atoms with Crippen LogP contribution >= 0.6 is 0 Å². The van der Waals surface area contributed by atoms with E-state index in [1.165, 1.54) is 18.2 Å². The average molecular weight is 370 g/mol. The van der Waals surface area contributed by atoms with Gasteiger partial charge in [-0.05, 0) is 12.1 Å². The Morgan fingerprint density at radius 2 is 1.31 bits per heavy atom. The number of benzene rings is 2. The number of hydrogen-bond acceptors (Lipinski definition) is 3. The van der Waals surface area contributed by atoms with Gasteiger partial charge in [-0.25, -0.2) is 0 Å². The Morgan fingerprint density at radius 1 is 0.731 bits per heavy atom. The zero-order valence-corrected chi connectivity index (χ0v) is 12.7. The maximum atomic E-state index is 13.7. The highest BCUT2D eigenvalue weighted by molar-refractivity contribution is 5.54. The third kappa shape index (κ3) is 3.04. The van der Waals surface area contributed by atoms with Crippen molar-refractivity contribution in [3.8, 4) is 17.9 Å². The Labute approximate surface area is 143 Å². The molecule has 0 bridgehead atoms. The maximum absolute atomic E-state index is 13.7. The van der Waals surface area contributed by atoms with Crippen molar-refractivity contribution in [2.45, 2.75) is 18.0 Å². The fourth-order valence-corrected chi connectivity index (χ4v) is 2.33. The van der Waals surface area contributed by atoms with Crippen LogP contribution in [0.5, 0.6) is 5.75 Å². The van der Waals surface area contributed by atoms with E-state index in [-0.39, 0.29) is 0 Å². The summed E-state index contributed by atoms with van der Waals surface area (Å²) in [6.07, 6.45) is -11.8. The second kappa shape index (κ2) is 6.60. The van der Waals surface area contributed by atoms with Crippen molar-refractivity contribution in [3.63, 3.8) is 0 Å². The highest BCUT2D eigenvalue weighted by atomic mass is 19.4. The lowest BCUT2D eigenvalue weighted by atomic mass is 9.91. The fraction of sp³-hybridized carbons (Fsp3) is 0.176. The monoisotopic (exact) mass is 370 g/mol. The molecule has 0 spiro atoms. The Kier molecular flexibility index (Phi) is 4.86. The van der Waals surface area contributed by atoms with Gasteiger partial charge < -0.3 is 4.74 Å². The minimum atomic E-state index is -5.90. The van der Waals surface area contributed by atoms with Gasteiger partial charge >= 0.3 is 18.0 Å². The van der Waals surface area contributed by atoms with Crippen LogP contribution in [0.2, 0.25) is 0 Å². The quantitative estimate of drug-likeness (QED) is 0.728. The summed E-state index contributed by atoms with van der Waals surface area (Å²) in [6, 6.07) is 10.3. The van der Waals surface area contributed by atoms with E-state index in [1.54, 1.807) is 0 Å². The summed E-state index contributed by atoms with van der Waals surface area (Å²) >= 11 is 0. The van der Waals surface area contributed by atoms with Gasteiger partial charge in [0.15, 0.2) is 0 Å². The highest BCUT2D eigenvalue weighted by Gasteiger charge is 2.74. The molecular weight excluding hydrogens is 362 g/mol. The molecule has 2 aromatic carbocycles. The van der Waals surface area contributed by atoms with Crippen LogP contribution in [0.15, 0.2) is 48.5 Å². The van der Waals surface area contributed by atoms with E-state index < -0.39 is 40.4 Å². The molecule has 0 radical (unpaired) electrons. The van der Waals surface area contributed by atoms with Crippen molar-refractivity contribution < 1.29 is 31.1 Å². The third-order valence-corrected chi connectivity index (χ3v) is 3.50. The molecule has 0 heterocycles. The summed E-state index contributed by atoms with van der Waals surface area (Å²) in [5.41, 5.74) is -7.03. The van der Waals surface area contributed by atoms with Gasteiger partial charge in [-0.3, -0.25) is 0 Å². The molecule has 0 saturated heterocycles. The summed E-state index contributed by atoms with van der Waals surface area (Å²) in [5, 5.41) is 18.0. The highest BCUT2D eigenvalue weighted by Crippen LogP contribution is 2.53. The fourth-order valence-electron chi connectivity index (χ4n) is 2.33. The lowest BCUT2D eigenvalue weighted by molar-refractivity contribution is -0.365. The topological polar surface area (TPSA) is 56.8 Å². The molecule has 0 aliphatic heterocycles.